The monoisotopic (exact) mass is 348 g/mol. The number of esters is 2. The van der Waals surface area contributed by atoms with Crippen LogP contribution in [0.3, 0.4) is 0 Å². The first-order chi connectivity index (χ1) is 10.0. The van der Waals surface area contributed by atoms with Crippen LogP contribution >= 0.6 is 15.9 Å². The van der Waals surface area contributed by atoms with Gasteiger partial charge in [0.1, 0.15) is 11.3 Å². The smallest absolute Gasteiger partial charge is 0.343 e. The standard InChI is InChI=1S/C16H13BrO4/c1-10-5-3-4-6-12(10)16(19)21-14-8-7-11(17)9-13(14)15(18)20-2/h3-9H,1-2H3. The molecule has 2 aromatic carbocycles. The van der Waals surface area contributed by atoms with Crippen LogP contribution in [0.25, 0.3) is 0 Å². The van der Waals surface area contributed by atoms with Crippen LogP contribution < -0.4 is 4.74 Å². The molecule has 0 heterocycles. The van der Waals surface area contributed by atoms with Crippen LogP contribution in [-0.4, -0.2) is 19.0 Å². The maximum atomic E-state index is 12.2. The quantitative estimate of drug-likeness (QED) is 0.625. The van der Waals surface area contributed by atoms with E-state index >= 15 is 0 Å². The molecule has 0 saturated carbocycles. The van der Waals surface area contributed by atoms with E-state index in [0.29, 0.717) is 10.0 Å². The van der Waals surface area contributed by atoms with Crippen LogP contribution in [0.15, 0.2) is 46.9 Å². The van der Waals surface area contributed by atoms with Crippen LogP contribution in [0.2, 0.25) is 0 Å². The Morgan fingerprint density at radius 2 is 1.71 bits per heavy atom. The molecule has 0 spiro atoms. The number of aryl methyl sites for hydroxylation is 1. The molecule has 0 atom stereocenters. The van der Waals surface area contributed by atoms with Gasteiger partial charge in [0.15, 0.2) is 0 Å². The number of benzene rings is 2. The molecule has 0 aromatic heterocycles. The van der Waals surface area contributed by atoms with Crippen molar-refractivity contribution in [2.24, 2.45) is 0 Å². The lowest BCUT2D eigenvalue weighted by Crippen LogP contribution is -2.13. The molecule has 21 heavy (non-hydrogen) atoms. The van der Waals surface area contributed by atoms with Gasteiger partial charge in [-0.3, -0.25) is 0 Å². The third-order valence-electron chi connectivity index (χ3n) is 2.91. The lowest BCUT2D eigenvalue weighted by Gasteiger charge is -2.10. The lowest BCUT2D eigenvalue weighted by molar-refractivity contribution is 0.0593. The first kappa shape index (κ1) is 15.3. The van der Waals surface area contributed by atoms with E-state index < -0.39 is 11.9 Å². The van der Waals surface area contributed by atoms with E-state index in [1.165, 1.54) is 7.11 Å². The van der Waals surface area contributed by atoms with Gasteiger partial charge in [-0.15, -0.1) is 0 Å². The SMILES string of the molecule is COC(=O)c1cc(Br)ccc1OC(=O)c1ccccc1C. The van der Waals surface area contributed by atoms with Gasteiger partial charge >= 0.3 is 11.9 Å². The highest BCUT2D eigenvalue weighted by atomic mass is 79.9. The highest BCUT2D eigenvalue weighted by molar-refractivity contribution is 9.10. The molecule has 0 amide bonds. The number of halogens is 1. The van der Waals surface area contributed by atoms with Crippen molar-refractivity contribution >= 4 is 27.9 Å². The summed E-state index contributed by atoms with van der Waals surface area (Å²) < 4.78 is 10.7. The Kier molecular flexibility index (Phi) is 4.75. The highest BCUT2D eigenvalue weighted by Gasteiger charge is 2.18. The van der Waals surface area contributed by atoms with Crippen LogP contribution in [0, 0.1) is 6.92 Å². The summed E-state index contributed by atoms with van der Waals surface area (Å²) in [5.41, 5.74) is 1.45. The van der Waals surface area contributed by atoms with Crippen LogP contribution in [0.4, 0.5) is 0 Å². The molecule has 4 nitrogen and oxygen atoms in total. The summed E-state index contributed by atoms with van der Waals surface area (Å²) in [5, 5.41) is 0. The third kappa shape index (κ3) is 3.49. The number of ether oxygens (including phenoxy) is 2. The molecule has 0 bridgehead atoms. The molecule has 0 aliphatic rings. The second-order valence-corrected chi connectivity index (χ2v) is 5.25. The summed E-state index contributed by atoms with van der Waals surface area (Å²) in [6.07, 6.45) is 0. The molecule has 2 rings (SSSR count). The lowest BCUT2D eigenvalue weighted by atomic mass is 10.1. The summed E-state index contributed by atoms with van der Waals surface area (Å²) in [4.78, 5) is 23.9. The minimum absolute atomic E-state index is 0.165. The van der Waals surface area contributed by atoms with Crippen LogP contribution in [0.5, 0.6) is 5.75 Å². The number of hydrogen-bond acceptors (Lipinski definition) is 4. The molecular formula is C16H13BrO4. The van der Waals surface area contributed by atoms with Gasteiger partial charge in [-0.25, -0.2) is 9.59 Å². The topological polar surface area (TPSA) is 52.6 Å². The van der Waals surface area contributed by atoms with Gasteiger partial charge in [0.25, 0.3) is 0 Å². The average Bonchev–Trinajstić information content (AvgIpc) is 2.48. The Balaban J connectivity index is 2.34. The van der Waals surface area contributed by atoms with Crippen LogP contribution in [-0.2, 0) is 4.74 Å². The fraction of sp³-hybridized carbons (Fsp3) is 0.125. The van der Waals surface area contributed by atoms with E-state index in [4.69, 9.17) is 9.47 Å². The van der Waals surface area contributed by atoms with Crippen molar-refractivity contribution < 1.29 is 19.1 Å². The summed E-state index contributed by atoms with van der Waals surface area (Å²) in [7, 11) is 1.27. The molecular weight excluding hydrogens is 336 g/mol. The maximum absolute atomic E-state index is 12.2. The van der Waals surface area contributed by atoms with Gasteiger partial charge in [0.05, 0.1) is 12.7 Å². The fourth-order valence-corrected chi connectivity index (χ4v) is 2.18. The highest BCUT2D eigenvalue weighted by Crippen LogP contribution is 2.25. The third-order valence-corrected chi connectivity index (χ3v) is 3.41. The van der Waals surface area contributed by atoms with E-state index in [1.807, 2.05) is 19.1 Å². The molecule has 0 aliphatic heterocycles. The van der Waals surface area contributed by atoms with Gasteiger partial charge in [-0.2, -0.15) is 0 Å². The molecule has 0 unspecified atom stereocenters. The molecule has 0 radical (unpaired) electrons. The predicted molar refractivity (Wildman–Crippen MR) is 81.6 cm³/mol. The average molecular weight is 349 g/mol. The van der Waals surface area contributed by atoms with Gasteiger partial charge in [-0.1, -0.05) is 34.1 Å². The second-order valence-electron chi connectivity index (χ2n) is 4.34. The van der Waals surface area contributed by atoms with Gasteiger partial charge < -0.3 is 9.47 Å². The summed E-state index contributed by atoms with van der Waals surface area (Å²) in [5.74, 6) is -0.914. The number of rotatable bonds is 3. The van der Waals surface area contributed by atoms with Gasteiger partial charge in [0.2, 0.25) is 0 Å². The molecule has 0 fully saturated rings. The Morgan fingerprint density at radius 1 is 1.00 bits per heavy atom. The zero-order valence-electron chi connectivity index (χ0n) is 11.6. The van der Waals surface area contributed by atoms with Gasteiger partial charge in [-0.05, 0) is 36.8 Å². The zero-order valence-corrected chi connectivity index (χ0v) is 13.1. The van der Waals surface area contributed by atoms with Crippen LogP contribution in [0.1, 0.15) is 26.3 Å². The number of carbonyl (C=O) groups excluding carboxylic acids is 2. The first-order valence-corrected chi connectivity index (χ1v) is 6.98. The van der Waals surface area contributed by atoms with Crippen molar-refractivity contribution in [3.63, 3.8) is 0 Å². The Hall–Kier alpha value is -2.14. The normalized spacial score (nSPS) is 10.0. The maximum Gasteiger partial charge on any atom is 0.343 e. The largest absolute Gasteiger partial charge is 0.465 e. The van der Waals surface area contributed by atoms with E-state index in [-0.39, 0.29) is 11.3 Å². The number of carbonyl (C=O) groups is 2. The van der Waals surface area contributed by atoms with Crippen molar-refractivity contribution in [2.45, 2.75) is 6.92 Å². The minimum Gasteiger partial charge on any atom is -0.465 e. The van der Waals surface area contributed by atoms with E-state index in [0.717, 1.165) is 5.56 Å². The number of hydrogen-bond donors (Lipinski definition) is 0. The molecule has 2 aromatic rings. The number of methoxy groups -OCH3 is 1. The Morgan fingerprint density at radius 3 is 2.38 bits per heavy atom. The Bertz CT molecular complexity index is 694. The summed E-state index contributed by atoms with van der Waals surface area (Å²) in [6.45, 7) is 1.82. The molecule has 0 saturated heterocycles. The fourth-order valence-electron chi connectivity index (χ4n) is 1.82. The second kappa shape index (κ2) is 6.54. The summed E-state index contributed by atoms with van der Waals surface area (Å²) in [6, 6.07) is 11.9. The van der Waals surface area contributed by atoms with Crippen molar-refractivity contribution in [1.82, 2.24) is 0 Å². The Labute approximate surface area is 130 Å². The molecule has 5 heteroatoms. The molecule has 108 valence electrons. The van der Waals surface area contributed by atoms with Crippen molar-refractivity contribution in [2.75, 3.05) is 7.11 Å². The zero-order chi connectivity index (χ0) is 15.4. The van der Waals surface area contributed by atoms with E-state index in [2.05, 4.69) is 15.9 Å². The summed E-state index contributed by atoms with van der Waals surface area (Å²) >= 11 is 3.27. The predicted octanol–water partition coefficient (Wildman–Crippen LogP) is 3.76. The van der Waals surface area contributed by atoms with Crippen molar-refractivity contribution in [3.05, 3.63) is 63.6 Å². The van der Waals surface area contributed by atoms with E-state index in [9.17, 15) is 9.59 Å². The first-order valence-electron chi connectivity index (χ1n) is 6.18. The molecule has 0 aliphatic carbocycles. The van der Waals surface area contributed by atoms with E-state index in [1.54, 1.807) is 30.3 Å². The molecule has 0 N–H and O–H groups in total. The minimum atomic E-state index is -0.566. The van der Waals surface area contributed by atoms with Crippen molar-refractivity contribution in [3.8, 4) is 5.75 Å². The van der Waals surface area contributed by atoms with Gasteiger partial charge in [0, 0.05) is 4.47 Å². The van der Waals surface area contributed by atoms with Crippen molar-refractivity contribution in [1.29, 1.82) is 0 Å².